The maximum Gasteiger partial charge on any atom is 0.0645 e. The van der Waals surface area contributed by atoms with Gasteiger partial charge in [-0.05, 0) is 23.3 Å². The summed E-state index contributed by atoms with van der Waals surface area (Å²) in [6.07, 6.45) is 3.82. The van der Waals surface area contributed by atoms with Crippen LogP contribution in [0.4, 0.5) is 0 Å². The average Bonchev–Trinajstić information content (AvgIpc) is 2.05. The van der Waals surface area contributed by atoms with Crippen molar-refractivity contribution in [2.45, 2.75) is 6.54 Å². The zero-order valence-electron chi connectivity index (χ0n) is 5.54. The van der Waals surface area contributed by atoms with Gasteiger partial charge in [-0.25, -0.2) is 0 Å². The van der Waals surface area contributed by atoms with Crippen LogP contribution in [0.1, 0.15) is 11.1 Å². The van der Waals surface area contributed by atoms with E-state index in [1.54, 1.807) is 0 Å². The molecule has 2 radical (unpaired) electrons. The molecule has 10 heavy (non-hydrogen) atoms. The number of fused-ring (bicyclic) bond motifs is 1. The fourth-order valence-corrected chi connectivity index (χ4v) is 1.06. The Morgan fingerprint density at radius 3 is 3.40 bits per heavy atom. The molecule has 0 atom stereocenters. The van der Waals surface area contributed by atoms with E-state index in [0.717, 1.165) is 6.54 Å². The highest BCUT2D eigenvalue weighted by Gasteiger charge is 2.01. The molecule has 1 nitrogen and oxygen atoms in total. The molecule has 0 aliphatic carbocycles. The summed E-state index contributed by atoms with van der Waals surface area (Å²) in [5.74, 6) is 0. The molecular formula is C9H7N. The van der Waals surface area contributed by atoms with Crippen molar-refractivity contribution in [1.82, 2.24) is 5.32 Å². The first kappa shape index (κ1) is 5.54. The molecule has 0 bridgehead atoms. The van der Waals surface area contributed by atoms with E-state index in [-0.39, 0.29) is 0 Å². The number of hydrogen-bond acceptors (Lipinski definition) is 0. The Morgan fingerprint density at radius 2 is 2.50 bits per heavy atom. The molecule has 1 heteroatoms. The molecular weight excluding hydrogens is 122 g/mol. The molecule has 0 saturated carbocycles. The zero-order chi connectivity index (χ0) is 6.81. The van der Waals surface area contributed by atoms with Crippen LogP contribution in [0, 0.1) is 6.07 Å². The molecule has 48 valence electrons. The zero-order valence-corrected chi connectivity index (χ0v) is 5.54. The van der Waals surface area contributed by atoms with Gasteiger partial charge < -0.3 is 0 Å². The largest absolute Gasteiger partial charge is 0.288 e. The minimum Gasteiger partial charge on any atom is -0.288 e. The predicted molar refractivity (Wildman–Crippen MR) is 40.2 cm³/mol. The monoisotopic (exact) mass is 129 g/mol. The first-order valence-electron chi connectivity index (χ1n) is 3.29. The topological polar surface area (TPSA) is 14.1 Å². The summed E-state index contributed by atoms with van der Waals surface area (Å²) in [6.45, 7) is 0.809. The van der Waals surface area contributed by atoms with Gasteiger partial charge in [-0.2, -0.15) is 0 Å². The van der Waals surface area contributed by atoms with Crippen LogP contribution in [-0.4, -0.2) is 0 Å². The van der Waals surface area contributed by atoms with E-state index in [2.05, 4.69) is 17.4 Å². The van der Waals surface area contributed by atoms with Gasteiger partial charge in [-0.3, -0.25) is 5.32 Å². The Kier molecular flexibility index (Phi) is 1.21. The molecule has 0 unspecified atom stereocenters. The molecule has 1 aromatic rings. The summed E-state index contributed by atoms with van der Waals surface area (Å²) in [5.41, 5.74) is 2.45. The summed E-state index contributed by atoms with van der Waals surface area (Å²) < 4.78 is 0. The Balaban J connectivity index is 2.54. The second kappa shape index (κ2) is 2.18. The van der Waals surface area contributed by atoms with E-state index in [0.29, 0.717) is 0 Å². The maximum atomic E-state index is 4.12. The lowest BCUT2D eigenvalue weighted by atomic mass is 10.1. The van der Waals surface area contributed by atoms with Crippen molar-refractivity contribution in [2.24, 2.45) is 0 Å². The van der Waals surface area contributed by atoms with Crippen LogP contribution < -0.4 is 5.32 Å². The van der Waals surface area contributed by atoms with Gasteiger partial charge in [0.05, 0.1) is 6.54 Å². The van der Waals surface area contributed by atoms with Gasteiger partial charge in [0.25, 0.3) is 0 Å². The van der Waals surface area contributed by atoms with Gasteiger partial charge in [0.2, 0.25) is 0 Å². The van der Waals surface area contributed by atoms with Crippen molar-refractivity contribution in [3.63, 3.8) is 0 Å². The third-order valence-electron chi connectivity index (χ3n) is 1.59. The molecule has 0 aromatic heterocycles. The molecule has 0 saturated heterocycles. The summed E-state index contributed by atoms with van der Waals surface area (Å²) in [6, 6.07) is 9.14. The van der Waals surface area contributed by atoms with Gasteiger partial charge in [-0.1, -0.05) is 18.2 Å². The average molecular weight is 129 g/mol. The lowest BCUT2D eigenvalue weighted by molar-refractivity contribution is 0.841. The van der Waals surface area contributed by atoms with Crippen LogP contribution in [0.15, 0.2) is 24.4 Å². The SMILES string of the molecule is [c]1cccc2c1C=C[N]C2. The van der Waals surface area contributed by atoms with Crippen LogP contribution >= 0.6 is 0 Å². The van der Waals surface area contributed by atoms with Crippen LogP contribution in [0.5, 0.6) is 0 Å². The minimum absolute atomic E-state index is 0.809. The number of benzene rings is 1. The van der Waals surface area contributed by atoms with Crippen molar-refractivity contribution in [3.8, 4) is 0 Å². The van der Waals surface area contributed by atoms with Gasteiger partial charge >= 0.3 is 0 Å². The molecule has 1 aromatic carbocycles. The molecule has 0 amide bonds. The van der Waals surface area contributed by atoms with Crippen molar-refractivity contribution in [2.75, 3.05) is 0 Å². The van der Waals surface area contributed by atoms with Crippen LogP contribution in [0.3, 0.4) is 0 Å². The molecule has 1 heterocycles. The van der Waals surface area contributed by atoms with E-state index in [1.807, 2.05) is 24.4 Å². The fraction of sp³-hybridized carbons (Fsp3) is 0.111. The number of hydrogen-bond donors (Lipinski definition) is 0. The molecule has 1 aliphatic heterocycles. The Bertz CT molecular complexity index is 263. The summed E-state index contributed by atoms with van der Waals surface area (Å²) in [5, 5.41) is 4.12. The summed E-state index contributed by atoms with van der Waals surface area (Å²) in [4.78, 5) is 0. The highest BCUT2D eigenvalue weighted by Crippen LogP contribution is 2.12. The molecule has 2 rings (SSSR count). The predicted octanol–water partition coefficient (Wildman–Crippen LogP) is 1.58. The van der Waals surface area contributed by atoms with Crippen molar-refractivity contribution in [3.05, 3.63) is 41.6 Å². The lowest BCUT2D eigenvalue weighted by Gasteiger charge is -2.07. The highest BCUT2D eigenvalue weighted by atomic mass is 14.8. The van der Waals surface area contributed by atoms with Gasteiger partial charge in [0, 0.05) is 6.20 Å². The normalized spacial score (nSPS) is 14.0. The Morgan fingerprint density at radius 1 is 1.50 bits per heavy atom. The number of nitrogens with zero attached hydrogens (tertiary/aromatic N) is 1. The van der Waals surface area contributed by atoms with Gasteiger partial charge in [0.1, 0.15) is 0 Å². The third kappa shape index (κ3) is 0.798. The Hall–Kier alpha value is -1.24. The van der Waals surface area contributed by atoms with E-state index < -0.39 is 0 Å². The van der Waals surface area contributed by atoms with Crippen LogP contribution in [0.25, 0.3) is 6.08 Å². The first-order chi connectivity index (χ1) is 4.97. The maximum absolute atomic E-state index is 4.12. The smallest absolute Gasteiger partial charge is 0.0645 e. The molecule has 0 fully saturated rings. The molecule has 0 spiro atoms. The van der Waals surface area contributed by atoms with Gasteiger partial charge in [0.15, 0.2) is 0 Å². The minimum atomic E-state index is 0.809. The standard InChI is InChI=1S/C9H7N/c1-2-4-9-7-10-6-5-8(9)3-1/h1-2,4-6H,7H2. The van der Waals surface area contributed by atoms with Crippen LogP contribution in [-0.2, 0) is 6.54 Å². The second-order valence-corrected chi connectivity index (χ2v) is 2.27. The van der Waals surface area contributed by atoms with Crippen molar-refractivity contribution >= 4 is 6.08 Å². The highest BCUT2D eigenvalue weighted by molar-refractivity contribution is 5.54. The lowest BCUT2D eigenvalue weighted by Crippen LogP contribution is -2.02. The van der Waals surface area contributed by atoms with E-state index in [1.165, 1.54) is 11.1 Å². The second-order valence-electron chi connectivity index (χ2n) is 2.27. The van der Waals surface area contributed by atoms with Crippen molar-refractivity contribution < 1.29 is 0 Å². The Labute approximate surface area is 60.4 Å². The number of rotatable bonds is 0. The van der Waals surface area contributed by atoms with E-state index >= 15 is 0 Å². The third-order valence-corrected chi connectivity index (χ3v) is 1.59. The fourth-order valence-electron chi connectivity index (χ4n) is 1.06. The van der Waals surface area contributed by atoms with Crippen LogP contribution in [0.2, 0.25) is 0 Å². The first-order valence-corrected chi connectivity index (χ1v) is 3.29. The van der Waals surface area contributed by atoms with E-state index in [9.17, 15) is 0 Å². The van der Waals surface area contributed by atoms with E-state index in [4.69, 9.17) is 0 Å². The summed E-state index contributed by atoms with van der Waals surface area (Å²) in [7, 11) is 0. The summed E-state index contributed by atoms with van der Waals surface area (Å²) >= 11 is 0. The van der Waals surface area contributed by atoms with Gasteiger partial charge in [-0.15, -0.1) is 0 Å². The van der Waals surface area contributed by atoms with Crippen molar-refractivity contribution in [1.29, 1.82) is 0 Å². The molecule has 0 N–H and O–H groups in total. The quantitative estimate of drug-likeness (QED) is 0.505. The molecule has 1 aliphatic rings.